The van der Waals surface area contributed by atoms with E-state index in [0.29, 0.717) is 26.2 Å². The van der Waals surface area contributed by atoms with Crippen LogP contribution in [0.4, 0.5) is 16.0 Å². The van der Waals surface area contributed by atoms with Crippen LogP contribution in [0.15, 0.2) is 36.4 Å². The van der Waals surface area contributed by atoms with E-state index in [1.807, 2.05) is 41.4 Å². The molecule has 2 atom stereocenters. The molecule has 0 saturated carbocycles. The van der Waals surface area contributed by atoms with Gasteiger partial charge in [0.1, 0.15) is 17.5 Å². The number of benzene rings is 1. The molecule has 1 N–H and O–H groups in total. The number of hydrogen-bond donors (Lipinski definition) is 1. The Kier molecular flexibility index (Phi) is 7.31. The van der Waals surface area contributed by atoms with Crippen LogP contribution in [-0.2, 0) is 15.0 Å². The summed E-state index contributed by atoms with van der Waals surface area (Å²) in [5, 5.41) is 8.08. The highest BCUT2D eigenvalue weighted by Gasteiger charge is 2.43. The molecule has 0 radical (unpaired) electrons. The molecule has 11 heteroatoms. The molecule has 3 aliphatic heterocycles. The standard InChI is InChI=1S/C30H39FN8O2/c1-30(21-8-10-22(31)11-9-21)20-35(2)19-27(40)32-12-16-36(3)28-18-25(37-13-6-14-37)33-26-17-23(34-39(26)28)24-7-4-5-15-38(24)29(30)41/h8-11,17-18,24H,4-7,12-16,19-20H2,1-3H3,(H,32,40). The Bertz CT molecular complexity index is 1440. The van der Waals surface area contributed by atoms with E-state index < -0.39 is 5.41 Å². The van der Waals surface area contributed by atoms with Crippen LogP contribution in [0.5, 0.6) is 0 Å². The second-order valence-corrected chi connectivity index (χ2v) is 11.9. The van der Waals surface area contributed by atoms with E-state index in [-0.39, 0.29) is 30.2 Å². The Balaban J connectivity index is 1.47. The maximum absolute atomic E-state index is 14.6. The molecule has 2 aromatic heterocycles. The second kappa shape index (κ2) is 10.9. The number of likely N-dealkylation sites (N-methyl/N-ethyl adjacent to an activating group) is 2. The number of nitrogens with one attached hydrogen (secondary N) is 1. The molecule has 3 aromatic rings. The summed E-state index contributed by atoms with van der Waals surface area (Å²) in [6.07, 6.45) is 3.85. The van der Waals surface area contributed by atoms with Gasteiger partial charge in [0.2, 0.25) is 11.8 Å². The van der Waals surface area contributed by atoms with E-state index >= 15 is 0 Å². The summed E-state index contributed by atoms with van der Waals surface area (Å²) < 4.78 is 15.8. The maximum Gasteiger partial charge on any atom is 0.234 e. The Morgan fingerprint density at radius 2 is 1.78 bits per heavy atom. The number of rotatable bonds is 2. The van der Waals surface area contributed by atoms with Crippen molar-refractivity contribution in [3.8, 4) is 0 Å². The number of carbonyl (C=O) groups excluding carboxylic acids is 2. The van der Waals surface area contributed by atoms with Gasteiger partial charge in [0.15, 0.2) is 5.65 Å². The van der Waals surface area contributed by atoms with Gasteiger partial charge in [-0.1, -0.05) is 12.1 Å². The van der Waals surface area contributed by atoms with E-state index in [2.05, 4.69) is 21.2 Å². The third kappa shape index (κ3) is 5.23. The molecule has 2 bridgehead atoms. The number of fused-ring (bicyclic) bond motifs is 3. The Hall–Kier alpha value is -3.73. The lowest BCUT2D eigenvalue weighted by Crippen LogP contribution is -2.54. The van der Waals surface area contributed by atoms with E-state index in [9.17, 15) is 14.0 Å². The predicted octanol–water partition coefficient (Wildman–Crippen LogP) is 2.59. The van der Waals surface area contributed by atoms with Crippen LogP contribution >= 0.6 is 0 Å². The van der Waals surface area contributed by atoms with Crippen molar-refractivity contribution in [2.45, 2.75) is 44.1 Å². The van der Waals surface area contributed by atoms with Gasteiger partial charge in [-0.2, -0.15) is 9.61 Å². The fourth-order valence-electron chi connectivity index (χ4n) is 6.38. The van der Waals surface area contributed by atoms with Crippen molar-refractivity contribution in [1.29, 1.82) is 0 Å². The number of carbonyl (C=O) groups is 2. The summed E-state index contributed by atoms with van der Waals surface area (Å²) in [4.78, 5) is 40.7. The third-order valence-electron chi connectivity index (χ3n) is 8.81. The quantitative estimate of drug-likeness (QED) is 0.514. The number of amides is 2. The highest BCUT2D eigenvalue weighted by Crippen LogP contribution is 2.37. The van der Waals surface area contributed by atoms with Crippen LogP contribution in [0.3, 0.4) is 0 Å². The van der Waals surface area contributed by atoms with Gasteiger partial charge in [-0.15, -0.1) is 0 Å². The number of hydrogen-bond acceptors (Lipinski definition) is 7. The zero-order valence-electron chi connectivity index (χ0n) is 24.1. The molecule has 0 spiro atoms. The molecular formula is C30H39FN8O2. The highest BCUT2D eigenvalue weighted by atomic mass is 19.1. The third-order valence-corrected chi connectivity index (χ3v) is 8.81. The van der Waals surface area contributed by atoms with Gasteiger partial charge in [-0.3, -0.25) is 14.5 Å². The van der Waals surface area contributed by atoms with Crippen LogP contribution in [0.25, 0.3) is 5.65 Å². The molecule has 2 saturated heterocycles. The minimum absolute atomic E-state index is 0.0446. The first-order valence-electron chi connectivity index (χ1n) is 14.6. The molecule has 41 heavy (non-hydrogen) atoms. The Labute approximate surface area is 240 Å². The fourth-order valence-corrected chi connectivity index (χ4v) is 6.38. The average Bonchev–Trinajstić information content (AvgIpc) is 3.35. The zero-order valence-corrected chi connectivity index (χ0v) is 24.1. The summed E-state index contributed by atoms with van der Waals surface area (Å²) in [5.74, 6) is 1.31. The summed E-state index contributed by atoms with van der Waals surface area (Å²) in [6, 6.07) is 10.1. The van der Waals surface area contributed by atoms with Crippen LogP contribution in [-0.4, -0.2) is 96.1 Å². The lowest BCUT2D eigenvalue weighted by atomic mass is 9.79. The molecule has 0 aliphatic carbocycles. The number of anilines is 2. The lowest BCUT2D eigenvalue weighted by molar-refractivity contribution is -0.142. The molecule has 218 valence electrons. The minimum atomic E-state index is -0.997. The summed E-state index contributed by atoms with van der Waals surface area (Å²) in [5.41, 5.74) is 1.30. The van der Waals surface area contributed by atoms with Gasteiger partial charge in [0.25, 0.3) is 0 Å². The average molecular weight is 563 g/mol. The number of halogens is 1. The largest absolute Gasteiger partial charge is 0.358 e. The van der Waals surface area contributed by atoms with Crippen molar-refractivity contribution >= 4 is 29.1 Å². The molecule has 2 fully saturated rings. The molecule has 6 rings (SSSR count). The van der Waals surface area contributed by atoms with Crippen molar-refractivity contribution in [3.63, 3.8) is 0 Å². The predicted molar refractivity (Wildman–Crippen MR) is 156 cm³/mol. The number of nitrogens with zero attached hydrogens (tertiary/aromatic N) is 7. The highest BCUT2D eigenvalue weighted by molar-refractivity contribution is 5.89. The summed E-state index contributed by atoms with van der Waals surface area (Å²) in [7, 11) is 3.85. The maximum atomic E-state index is 14.6. The van der Waals surface area contributed by atoms with Gasteiger partial charge in [-0.25, -0.2) is 9.37 Å². The molecule has 2 unspecified atom stereocenters. The van der Waals surface area contributed by atoms with Crippen molar-refractivity contribution in [2.24, 2.45) is 0 Å². The monoisotopic (exact) mass is 562 g/mol. The van der Waals surface area contributed by atoms with Crippen molar-refractivity contribution in [2.75, 3.05) is 69.7 Å². The SMILES string of the molecule is CN1CC(=O)NCCN(C)c2cc(N3CCC3)nc3cc(nn23)C2CCCCN2C(=O)C(C)(c2ccc(F)cc2)C1. The fraction of sp³-hybridized carbons (Fsp3) is 0.533. The second-order valence-electron chi connectivity index (χ2n) is 11.9. The molecule has 2 amide bonds. The van der Waals surface area contributed by atoms with E-state index in [1.54, 1.807) is 12.1 Å². The first kappa shape index (κ1) is 27.4. The first-order valence-corrected chi connectivity index (χ1v) is 14.6. The molecule has 3 aliphatic rings. The van der Waals surface area contributed by atoms with Gasteiger partial charge < -0.3 is 20.0 Å². The van der Waals surface area contributed by atoms with E-state index in [0.717, 1.165) is 67.3 Å². The summed E-state index contributed by atoms with van der Waals surface area (Å²) >= 11 is 0. The Morgan fingerprint density at radius 1 is 1.00 bits per heavy atom. The van der Waals surface area contributed by atoms with Gasteiger partial charge >= 0.3 is 0 Å². The Morgan fingerprint density at radius 3 is 2.51 bits per heavy atom. The lowest BCUT2D eigenvalue weighted by Gasteiger charge is -2.42. The van der Waals surface area contributed by atoms with Crippen molar-refractivity contribution < 1.29 is 14.0 Å². The molecule has 5 heterocycles. The van der Waals surface area contributed by atoms with Gasteiger partial charge in [-0.05, 0) is 57.4 Å². The van der Waals surface area contributed by atoms with E-state index in [4.69, 9.17) is 10.1 Å². The summed E-state index contributed by atoms with van der Waals surface area (Å²) in [6.45, 7) is 5.99. The van der Waals surface area contributed by atoms with Crippen LogP contribution in [0.1, 0.15) is 49.9 Å². The van der Waals surface area contributed by atoms with Gasteiger partial charge in [0.05, 0.1) is 23.7 Å². The van der Waals surface area contributed by atoms with Crippen molar-refractivity contribution in [1.82, 2.24) is 29.7 Å². The molecule has 1 aromatic carbocycles. The molecular weight excluding hydrogens is 523 g/mol. The van der Waals surface area contributed by atoms with E-state index in [1.165, 1.54) is 12.1 Å². The number of aromatic nitrogens is 3. The van der Waals surface area contributed by atoms with Crippen LogP contribution in [0.2, 0.25) is 0 Å². The zero-order chi connectivity index (χ0) is 28.7. The topological polar surface area (TPSA) is 89.3 Å². The first-order chi connectivity index (χ1) is 19.7. The van der Waals surface area contributed by atoms with Crippen LogP contribution < -0.4 is 15.1 Å². The van der Waals surface area contributed by atoms with Gasteiger partial charge in [0, 0.05) is 58.4 Å². The normalized spacial score (nSPS) is 24.9. The number of piperidine rings is 1. The van der Waals surface area contributed by atoms with Crippen molar-refractivity contribution in [3.05, 3.63) is 53.5 Å². The minimum Gasteiger partial charge on any atom is -0.358 e. The smallest absolute Gasteiger partial charge is 0.234 e. The molecule has 10 nitrogen and oxygen atoms in total. The van der Waals surface area contributed by atoms with Crippen LogP contribution in [0, 0.1) is 5.82 Å².